The molecule has 0 aliphatic rings. The molecule has 4 nitrogen and oxygen atoms in total. The maximum atomic E-state index is 4.08. The van der Waals surface area contributed by atoms with Crippen LogP contribution in [0.4, 0.5) is 0 Å². The van der Waals surface area contributed by atoms with Crippen molar-refractivity contribution in [1.82, 2.24) is 19.9 Å². The molecule has 0 saturated carbocycles. The highest BCUT2D eigenvalue weighted by molar-refractivity contribution is 5.31. The molecule has 2 aromatic rings. The number of para-hydroxylation sites is 1. The summed E-state index contributed by atoms with van der Waals surface area (Å²) in [6.07, 6.45) is 1.80. The molecule has 0 N–H and O–H groups in total. The Kier molecular flexibility index (Phi) is 2.78. The standard InChI is InChI=1S/C11H14N4/c1-14(2)9-11-8-12-13-15(11)10-6-4-3-5-7-10/h3-8H,9H2,1-2H3. The molecule has 1 aromatic carbocycles. The van der Waals surface area contributed by atoms with Crippen LogP contribution in [0.2, 0.25) is 0 Å². The van der Waals surface area contributed by atoms with Gasteiger partial charge in [0.1, 0.15) is 0 Å². The zero-order valence-corrected chi connectivity index (χ0v) is 8.96. The predicted octanol–water partition coefficient (Wildman–Crippen LogP) is 1.33. The quantitative estimate of drug-likeness (QED) is 0.753. The molecule has 0 atom stereocenters. The van der Waals surface area contributed by atoms with Crippen LogP contribution in [0.25, 0.3) is 5.69 Å². The Hall–Kier alpha value is -1.68. The lowest BCUT2D eigenvalue weighted by atomic mass is 10.3. The van der Waals surface area contributed by atoms with Crippen LogP contribution in [-0.2, 0) is 6.54 Å². The van der Waals surface area contributed by atoms with E-state index >= 15 is 0 Å². The van der Waals surface area contributed by atoms with Gasteiger partial charge in [0, 0.05) is 6.54 Å². The second kappa shape index (κ2) is 4.23. The second-order valence-corrected chi connectivity index (χ2v) is 3.71. The van der Waals surface area contributed by atoms with Gasteiger partial charge in [-0.1, -0.05) is 23.4 Å². The molecule has 0 saturated heterocycles. The van der Waals surface area contributed by atoms with Crippen molar-refractivity contribution in [3.05, 3.63) is 42.2 Å². The van der Waals surface area contributed by atoms with Crippen molar-refractivity contribution in [2.24, 2.45) is 0 Å². The highest BCUT2D eigenvalue weighted by Crippen LogP contribution is 2.09. The Morgan fingerprint density at radius 1 is 1.20 bits per heavy atom. The zero-order chi connectivity index (χ0) is 10.7. The van der Waals surface area contributed by atoms with E-state index in [1.54, 1.807) is 6.20 Å². The van der Waals surface area contributed by atoms with Gasteiger partial charge in [-0.05, 0) is 26.2 Å². The van der Waals surface area contributed by atoms with Gasteiger partial charge in [0.15, 0.2) is 0 Å². The molecule has 0 fully saturated rings. The fourth-order valence-electron chi connectivity index (χ4n) is 1.47. The van der Waals surface area contributed by atoms with Crippen LogP contribution in [0.15, 0.2) is 36.5 Å². The van der Waals surface area contributed by atoms with E-state index in [9.17, 15) is 0 Å². The lowest BCUT2D eigenvalue weighted by Crippen LogP contribution is -2.14. The smallest absolute Gasteiger partial charge is 0.0785 e. The van der Waals surface area contributed by atoms with Crippen LogP contribution in [-0.4, -0.2) is 34.0 Å². The predicted molar refractivity (Wildman–Crippen MR) is 58.8 cm³/mol. The monoisotopic (exact) mass is 202 g/mol. The fraction of sp³-hybridized carbons (Fsp3) is 0.273. The minimum atomic E-state index is 0.835. The van der Waals surface area contributed by atoms with Crippen molar-refractivity contribution in [1.29, 1.82) is 0 Å². The summed E-state index contributed by atoms with van der Waals surface area (Å²) >= 11 is 0. The Morgan fingerprint density at radius 2 is 1.93 bits per heavy atom. The first-order chi connectivity index (χ1) is 7.27. The van der Waals surface area contributed by atoms with E-state index in [4.69, 9.17) is 0 Å². The van der Waals surface area contributed by atoms with E-state index in [2.05, 4.69) is 15.2 Å². The molecule has 4 heteroatoms. The Morgan fingerprint density at radius 3 is 2.60 bits per heavy atom. The summed E-state index contributed by atoms with van der Waals surface area (Å²) in [5.41, 5.74) is 2.14. The van der Waals surface area contributed by atoms with Crippen LogP contribution in [0, 0.1) is 0 Å². The van der Waals surface area contributed by atoms with E-state index in [1.165, 1.54) is 0 Å². The molecule has 0 aliphatic heterocycles. The summed E-state index contributed by atoms with van der Waals surface area (Å²) in [6.45, 7) is 0.835. The molecule has 0 bridgehead atoms. The molecule has 2 rings (SSSR count). The van der Waals surface area contributed by atoms with E-state index < -0.39 is 0 Å². The third-order valence-corrected chi connectivity index (χ3v) is 2.10. The molecule has 0 aliphatic carbocycles. The average molecular weight is 202 g/mol. The Bertz CT molecular complexity index is 419. The van der Waals surface area contributed by atoms with E-state index in [1.807, 2.05) is 49.1 Å². The summed E-state index contributed by atoms with van der Waals surface area (Å²) in [5, 5.41) is 8.02. The molecule has 0 radical (unpaired) electrons. The minimum Gasteiger partial charge on any atom is -0.304 e. The van der Waals surface area contributed by atoms with Gasteiger partial charge in [0.2, 0.25) is 0 Å². The van der Waals surface area contributed by atoms with Crippen LogP contribution >= 0.6 is 0 Å². The molecule has 15 heavy (non-hydrogen) atoms. The molecule has 0 amide bonds. The normalized spacial score (nSPS) is 10.9. The fourth-order valence-corrected chi connectivity index (χ4v) is 1.47. The molecule has 0 spiro atoms. The van der Waals surface area contributed by atoms with Crippen molar-refractivity contribution < 1.29 is 0 Å². The van der Waals surface area contributed by atoms with Gasteiger partial charge in [0.05, 0.1) is 17.6 Å². The third kappa shape index (κ3) is 2.22. The SMILES string of the molecule is CN(C)Cc1cnnn1-c1ccccc1. The highest BCUT2D eigenvalue weighted by atomic mass is 15.4. The highest BCUT2D eigenvalue weighted by Gasteiger charge is 2.05. The molecular weight excluding hydrogens is 188 g/mol. The number of hydrogen-bond acceptors (Lipinski definition) is 3. The topological polar surface area (TPSA) is 34.0 Å². The summed E-state index contributed by atoms with van der Waals surface area (Å²) in [4.78, 5) is 2.10. The first-order valence-corrected chi connectivity index (χ1v) is 4.87. The third-order valence-electron chi connectivity index (χ3n) is 2.10. The lowest BCUT2D eigenvalue weighted by molar-refractivity contribution is 0.391. The van der Waals surface area contributed by atoms with Crippen molar-refractivity contribution in [2.45, 2.75) is 6.54 Å². The number of nitrogens with zero attached hydrogens (tertiary/aromatic N) is 4. The van der Waals surface area contributed by atoms with Gasteiger partial charge in [0.25, 0.3) is 0 Å². The van der Waals surface area contributed by atoms with E-state index in [0.717, 1.165) is 17.9 Å². The Labute approximate surface area is 89.1 Å². The molecule has 1 heterocycles. The summed E-state index contributed by atoms with van der Waals surface area (Å²) in [7, 11) is 4.06. The zero-order valence-electron chi connectivity index (χ0n) is 8.96. The van der Waals surface area contributed by atoms with Crippen molar-refractivity contribution in [3.63, 3.8) is 0 Å². The van der Waals surface area contributed by atoms with Gasteiger partial charge >= 0.3 is 0 Å². The van der Waals surface area contributed by atoms with Crippen molar-refractivity contribution in [3.8, 4) is 5.69 Å². The summed E-state index contributed by atoms with van der Waals surface area (Å²) in [6, 6.07) is 10.0. The second-order valence-electron chi connectivity index (χ2n) is 3.71. The maximum absolute atomic E-state index is 4.08. The van der Waals surface area contributed by atoms with Crippen LogP contribution in [0.1, 0.15) is 5.69 Å². The van der Waals surface area contributed by atoms with Crippen molar-refractivity contribution >= 4 is 0 Å². The van der Waals surface area contributed by atoms with Crippen LogP contribution in [0.3, 0.4) is 0 Å². The minimum absolute atomic E-state index is 0.835. The number of aromatic nitrogens is 3. The molecule has 78 valence electrons. The maximum Gasteiger partial charge on any atom is 0.0785 e. The van der Waals surface area contributed by atoms with Gasteiger partial charge in [-0.2, -0.15) is 0 Å². The number of rotatable bonds is 3. The molecule has 1 aromatic heterocycles. The summed E-state index contributed by atoms with van der Waals surface area (Å²) in [5.74, 6) is 0. The molecular formula is C11H14N4. The van der Waals surface area contributed by atoms with Crippen LogP contribution < -0.4 is 0 Å². The lowest BCUT2D eigenvalue weighted by Gasteiger charge is -2.10. The molecule has 0 unspecified atom stereocenters. The van der Waals surface area contributed by atoms with Crippen LogP contribution in [0.5, 0.6) is 0 Å². The largest absolute Gasteiger partial charge is 0.304 e. The van der Waals surface area contributed by atoms with Crippen molar-refractivity contribution in [2.75, 3.05) is 14.1 Å². The van der Waals surface area contributed by atoms with E-state index in [-0.39, 0.29) is 0 Å². The van der Waals surface area contributed by atoms with E-state index in [0.29, 0.717) is 0 Å². The number of hydrogen-bond donors (Lipinski definition) is 0. The first kappa shape index (κ1) is 9.86. The average Bonchev–Trinajstić information content (AvgIpc) is 2.66. The van der Waals surface area contributed by atoms with Gasteiger partial charge in [-0.3, -0.25) is 0 Å². The van der Waals surface area contributed by atoms with Gasteiger partial charge in [-0.15, -0.1) is 5.10 Å². The Balaban J connectivity index is 2.33. The first-order valence-electron chi connectivity index (χ1n) is 4.87. The number of benzene rings is 1. The van der Waals surface area contributed by atoms with Gasteiger partial charge < -0.3 is 4.90 Å². The summed E-state index contributed by atoms with van der Waals surface area (Å²) < 4.78 is 1.86. The van der Waals surface area contributed by atoms with Gasteiger partial charge in [-0.25, -0.2) is 4.68 Å².